The van der Waals surface area contributed by atoms with Crippen molar-refractivity contribution in [1.29, 1.82) is 0 Å². The Balaban J connectivity index is 1.68. The SMILES string of the molecule is OCCn1nccc1C1CCN(c2nccc(C(F)(F)F)n2)CC1. The van der Waals surface area contributed by atoms with Gasteiger partial charge in [-0.2, -0.15) is 18.3 Å². The number of alkyl halides is 3. The van der Waals surface area contributed by atoms with Gasteiger partial charge in [0.1, 0.15) is 5.69 Å². The van der Waals surface area contributed by atoms with Gasteiger partial charge in [0.15, 0.2) is 0 Å². The predicted molar refractivity (Wildman–Crippen MR) is 80.5 cm³/mol. The third-order valence-electron chi connectivity index (χ3n) is 4.19. The summed E-state index contributed by atoms with van der Waals surface area (Å²) in [6, 6.07) is 2.81. The highest BCUT2D eigenvalue weighted by Gasteiger charge is 2.33. The number of hydrogen-bond donors (Lipinski definition) is 1. The van der Waals surface area contributed by atoms with E-state index in [1.165, 1.54) is 0 Å². The third-order valence-corrected chi connectivity index (χ3v) is 4.19. The van der Waals surface area contributed by atoms with Gasteiger partial charge in [0.25, 0.3) is 0 Å². The van der Waals surface area contributed by atoms with Crippen molar-refractivity contribution >= 4 is 5.95 Å². The van der Waals surface area contributed by atoms with Crippen LogP contribution in [0.2, 0.25) is 0 Å². The molecule has 2 aromatic heterocycles. The molecule has 0 bridgehead atoms. The van der Waals surface area contributed by atoms with Crippen molar-refractivity contribution in [2.24, 2.45) is 0 Å². The first-order chi connectivity index (χ1) is 11.5. The average Bonchev–Trinajstić information content (AvgIpc) is 3.03. The first-order valence-electron chi connectivity index (χ1n) is 7.77. The van der Waals surface area contributed by atoms with E-state index in [4.69, 9.17) is 5.11 Å². The standard InChI is InChI=1S/C15H18F3N5O/c16-15(17,18)13-2-5-19-14(21-13)22-7-3-11(4-8-22)12-1-6-20-23(12)9-10-24/h1-2,5-6,11,24H,3-4,7-10H2. The molecule has 0 spiro atoms. The Bertz CT molecular complexity index is 680. The maximum Gasteiger partial charge on any atom is 0.433 e. The van der Waals surface area contributed by atoms with Gasteiger partial charge in [0, 0.05) is 37.1 Å². The number of piperidine rings is 1. The van der Waals surface area contributed by atoms with Crippen LogP contribution < -0.4 is 4.90 Å². The molecule has 1 aliphatic heterocycles. The second-order valence-electron chi connectivity index (χ2n) is 5.70. The number of hydrogen-bond acceptors (Lipinski definition) is 5. The number of halogens is 3. The van der Waals surface area contributed by atoms with Crippen LogP contribution in [0.3, 0.4) is 0 Å². The van der Waals surface area contributed by atoms with E-state index in [1.807, 2.05) is 6.07 Å². The molecule has 0 amide bonds. The van der Waals surface area contributed by atoms with Gasteiger partial charge < -0.3 is 10.0 Å². The van der Waals surface area contributed by atoms with E-state index in [1.54, 1.807) is 15.8 Å². The summed E-state index contributed by atoms with van der Waals surface area (Å²) in [5, 5.41) is 13.3. The lowest BCUT2D eigenvalue weighted by Gasteiger charge is -2.32. The monoisotopic (exact) mass is 341 g/mol. The van der Waals surface area contributed by atoms with Crippen LogP contribution in [-0.2, 0) is 12.7 Å². The van der Waals surface area contributed by atoms with Gasteiger partial charge in [0.2, 0.25) is 5.95 Å². The van der Waals surface area contributed by atoms with Crippen molar-refractivity contribution in [2.45, 2.75) is 31.5 Å². The van der Waals surface area contributed by atoms with Crippen molar-refractivity contribution in [3.63, 3.8) is 0 Å². The van der Waals surface area contributed by atoms with Crippen molar-refractivity contribution in [3.8, 4) is 0 Å². The molecule has 0 aromatic carbocycles. The Kier molecular flexibility index (Phi) is 4.70. The van der Waals surface area contributed by atoms with Gasteiger partial charge in [0.05, 0.1) is 13.2 Å². The van der Waals surface area contributed by atoms with Gasteiger partial charge in [-0.25, -0.2) is 9.97 Å². The van der Waals surface area contributed by atoms with Gasteiger partial charge >= 0.3 is 6.18 Å². The molecule has 0 saturated carbocycles. The van der Waals surface area contributed by atoms with E-state index in [9.17, 15) is 13.2 Å². The lowest BCUT2D eigenvalue weighted by atomic mass is 9.93. The molecule has 6 nitrogen and oxygen atoms in total. The molecular weight excluding hydrogens is 323 g/mol. The van der Waals surface area contributed by atoms with Crippen LogP contribution in [0, 0.1) is 0 Å². The normalized spacial score (nSPS) is 16.6. The Morgan fingerprint density at radius 1 is 1.17 bits per heavy atom. The number of nitrogens with zero attached hydrogens (tertiary/aromatic N) is 5. The fourth-order valence-corrected chi connectivity index (χ4v) is 3.01. The van der Waals surface area contributed by atoms with Crippen LogP contribution in [0.5, 0.6) is 0 Å². The molecule has 0 unspecified atom stereocenters. The zero-order valence-electron chi connectivity index (χ0n) is 12.9. The number of anilines is 1. The Morgan fingerprint density at radius 3 is 2.58 bits per heavy atom. The first-order valence-corrected chi connectivity index (χ1v) is 7.77. The van der Waals surface area contributed by atoms with E-state index in [0.29, 0.717) is 19.6 Å². The van der Waals surface area contributed by atoms with Crippen molar-refractivity contribution in [3.05, 3.63) is 35.9 Å². The molecule has 130 valence electrons. The molecular formula is C15H18F3N5O. The van der Waals surface area contributed by atoms with Gasteiger partial charge in [-0.3, -0.25) is 4.68 Å². The van der Waals surface area contributed by atoms with Crippen molar-refractivity contribution in [2.75, 3.05) is 24.6 Å². The van der Waals surface area contributed by atoms with E-state index >= 15 is 0 Å². The Labute approximate surface area is 136 Å². The molecule has 24 heavy (non-hydrogen) atoms. The molecule has 3 rings (SSSR count). The molecule has 0 radical (unpaired) electrons. The fraction of sp³-hybridized carbons (Fsp3) is 0.533. The zero-order valence-corrected chi connectivity index (χ0v) is 12.9. The molecule has 3 heterocycles. The van der Waals surface area contributed by atoms with Crippen molar-refractivity contribution < 1.29 is 18.3 Å². The van der Waals surface area contributed by atoms with E-state index in [-0.39, 0.29) is 18.5 Å². The first kappa shape index (κ1) is 16.7. The molecule has 1 saturated heterocycles. The summed E-state index contributed by atoms with van der Waals surface area (Å²) in [6.07, 6.45) is -0.0683. The third kappa shape index (κ3) is 3.50. The maximum atomic E-state index is 12.8. The summed E-state index contributed by atoms with van der Waals surface area (Å²) >= 11 is 0. The van der Waals surface area contributed by atoms with Crippen molar-refractivity contribution in [1.82, 2.24) is 19.7 Å². The van der Waals surface area contributed by atoms with E-state index in [2.05, 4.69) is 15.1 Å². The largest absolute Gasteiger partial charge is 0.433 e. The lowest BCUT2D eigenvalue weighted by molar-refractivity contribution is -0.141. The fourth-order valence-electron chi connectivity index (χ4n) is 3.01. The average molecular weight is 341 g/mol. The number of aliphatic hydroxyl groups excluding tert-OH is 1. The van der Waals surface area contributed by atoms with Crippen LogP contribution in [0.1, 0.15) is 30.1 Å². The summed E-state index contributed by atoms with van der Waals surface area (Å²) in [6.45, 7) is 1.62. The summed E-state index contributed by atoms with van der Waals surface area (Å²) in [5.74, 6) is 0.383. The summed E-state index contributed by atoms with van der Waals surface area (Å²) in [5.41, 5.74) is 0.129. The lowest BCUT2D eigenvalue weighted by Crippen LogP contribution is -2.35. The molecule has 1 aliphatic rings. The van der Waals surface area contributed by atoms with Crippen LogP contribution >= 0.6 is 0 Å². The van der Waals surface area contributed by atoms with E-state index in [0.717, 1.165) is 30.8 Å². The number of rotatable bonds is 4. The van der Waals surface area contributed by atoms with E-state index < -0.39 is 11.9 Å². The van der Waals surface area contributed by atoms with Crippen LogP contribution in [0.4, 0.5) is 19.1 Å². The number of aliphatic hydroxyl groups is 1. The molecule has 1 fully saturated rings. The second-order valence-corrected chi connectivity index (χ2v) is 5.70. The second kappa shape index (κ2) is 6.76. The quantitative estimate of drug-likeness (QED) is 0.922. The number of aromatic nitrogens is 4. The molecule has 2 aromatic rings. The molecule has 9 heteroatoms. The molecule has 0 aliphatic carbocycles. The Hall–Kier alpha value is -2.16. The predicted octanol–water partition coefficient (Wildman–Crippen LogP) is 2.07. The summed E-state index contributed by atoms with van der Waals surface area (Å²) in [7, 11) is 0. The zero-order chi connectivity index (χ0) is 17.2. The van der Waals surface area contributed by atoms with Crippen LogP contribution in [0.15, 0.2) is 24.5 Å². The van der Waals surface area contributed by atoms with Gasteiger partial charge in [-0.1, -0.05) is 0 Å². The van der Waals surface area contributed by atoms with Crippen LogP contribution in [0.25, 0.3) is 0 Å². The highest BCUT2D eigenvalue weighted by atomic mass is 19.4. The minimum Gasteiger partial charge on any atom is -0.394 e. The van der Waals surface area contributed by atoms with Gasteiger partial charge in [-0.15, -0.1) is 0 Å². The van der Waals surface area contributed by atoms with Crippen LogP contribution in [-0.4, -0.2) is 44.6 Å². The smallest absolute Gasteiger partial charge is 0.394 e. The highest BCUT2D eigenvalue weighted by molar-refractivity contribution is 5.32. The topological polar surface area (TPSA) is 67.1 Å². The molecule has 0 atom stereocenters. The van der Waals surface area contributed by atoms with Gasteiger partial charge in [-0.05, 0) is 25.0 Å². The Morgan fingerprint density at radius 2 is 1.92 bits per heavy atom. The minimum absolute atomic E-state index is 0.0194. The summed E-state index contributed by atoms with van der Waals surface area (Å²) < 4.78 is 40.1. The summed E-state index contributed by atoms with van der Waals surface area (Å²) in [4.78, 5) is 9.39. The minimum atomic E-state index is -4.47. The maximum absolute atomic E-state index is 12.8. The molecule has 1 N–H and O–H groups in total. The highest BCUT2D eigenvalue weighted by Crippen LogP contribution is 2.31.